The molecule has 0 aliphatic carbocycles. The molecule has 0 radical (unpaired) electrons. The Balaban J connectivity index is 2.10. The van der Waals surface area contributed by atoms with E-state index in [1.807, 2.05) is 0 Å². The molecule has 0 bridgehead atoms. The van der Waals surface area contributed by atoms with Gasteiger partial charge in [0.2, 0.25) is 0 Å². The molecule has 2 aromatic carbocycles. The number of carbonyl (C=O) groups is 1. The van der Waals surface area contributed by atoms with Crippen molar-refractivity contribution in [3.05, 3.63) is 57.0 Å². The van der Waals surface area contributed by atoms with Crippen LogP contribution < -0.4 is 10.1 Å². The van der Waals surface area contributed by atoms with Crippen LogP contribution in [-0.4, -0.2) is 12.5 Å². The van der Waals surface area contributed by atoms with Gasteiger partial charge in [-0.15, -0.1) is 0 Å². The number of amides is 1. The van der Waals surface area contributed by atoms with Gasteiger partial charge in [0.1, 0.15) is 5.75 Å². The lowest BCUT2D eigenvalue weighted by atomic mass is 10.2. The average molecular weight is 421 g/mol. The Hall–Kier alpha value is -1.47. The van der Waals surface area contributed by atoms with Crippen LogP contribution in [0.1, 0.15) is 10.4 Å². The number of hydrogen-bond acceptors (Lipinski definition) is 2. The highest BCUT2D eigenvalue weighted by molar-refractivity contribution is 9.11. The first-order chi connectivity index (χ1) is 9.95. The maximum absolute atomic E-state index is 12.1. The number of halogens is 4. The van der Waals surface area contributed by atoms with E-state index in [1.54, 1.807) is 18.2 Å². The zero-order chi connectivity index (χ0) is 15.4. The molecule has 0 fully saturated rings. The molecule has 2 aromatic rings. The summed E-state index contributed by atoms with van der Waals surface area (Å²) in [5, 5.41) is 2.67. The molecule has 21 heavy (non-hydrogen) atoms. The maximum Gasteiger partial charge on any atom is 0.387 e. The van der Waals surface area contributed by atoms with Crippen molar-refractivity contribution in [1.29, 1.82) is 0 Å². The summed E-state index contributed by atoms with van der Waals surface area (Å²) in [6, 6.07) is 10.9. The molecule has 0 heterocycles. The number of carbonyl (C=O) groups excluding carboxylic acids is 1. The summed E-state index contributed by atoms with van der Waals surface area (Å²) < 4.78 is 29.7. The minimum Gasteiger partial charge on any atom is -0.435 e. The Morgan fingerprint density at radius 2 is 1.76 bits per heavy atom. The molecule has 1 amide bonds. The Kier molecular flexibility index (Phi) is 5.30. The molecular weight excluding hydrogens is 412 g/mol. The van der Waals surface area contributed by atoms with Gasteiger partial charge in [-0.2, -0.15) is 8.78 Å². The molecule has 0 saturated heterocycles. The van der Waals surface area contributed by atoms with E-state index in [0.29, 0.717) is 15.7 Å². The van der Waals surface area contributed by atoms with Gasteiger partial charge in [-0.05, 0) is 58.4 Å². The van der Waals surface area contributed by atoms with E-state index in [-0.39, 0.29) is 11.7 Å². The molecule has 110 valence electrons. The Morgan fingerprint density at radius 1 is 1.10 bits per heavy atom. The van der Waals surface area contributed by atoms with Crippen LogP contribution in [0, 0.1) is 0 Å². The van der Waals surface area contributed by atoms with Crippen LogP contribution in [0.3, 0.4) is 0 Å². The summed E-state index contributed by atoms with van der Waals surface area (Å²) in [7, 11) is 0. The van der Waals surface area contributed by atoms with E-state index >= 15 is 0 Å². The minimum atomic E-state index is -2.87. The number of nitrogens with one attached hydrogen (secondary N) is 1. The monoisotopic (exact) mass is 419 g/mol. The molecule has 7 heteroatoms. The fourth-order valence-corrected chi connectivity index (χ4v) is 2.38. The minimum absolute atomic E-state index is 0.0339. The van der Waals surface area contributed by atoms with Crippen LogP contribution in [0.15, 0.2) is 51.4 Å². The van der Waals surface area contributed by atoms with E-state index in [4.69, 9.17) is 0 Å². The molecule has 2 rings (SSSR count). The first-order valence-electron chi connectivity index (χ1n) is 5.77. The molecule has 0 spiro atoms. The van der Waals surface area contributed by atoms with Gasteiger partial charge in [0.05, 0.1) is 5.56 Å². The fourth-order valence-electron chi connectivity index (χ4n) is 1.59. The van der Waals surface area contributed by atoms with Gasteiger partial charge >= 0.3 is 6.61 Å². The highest BCUT2D eigenvalue weighted by atomic mass is 79.9. The summed E-state index contributed by atoms with van der Waals surface area (Å²) in [6.45, 7) is -2.87. The van der Waals surface area contributed by atoms with E-state index in [9.17, 15) is 13.6 Å². The Labute approximate surface area is 136 Å². The molecule has 1 N–H and O–H groups in total. The predicted octanol–water partition coefficient (Wildman–Crippen LogP) is 5.07. The quantitative estimate of drug-likeness (QED) is 0.750. The molecule has 0 aromatic heterocycles. The van der Waals surface area contributed by atoms with Gasteiger partial charge < -0.3 is 10.1 Å². The highest BCUT2D eigenvalue weighted by Crippen LogP contribution is 2.23. The summed E-state index contributed by atoms with van der Waals surface area (Å²) in [6.07, 6.45) is 0. The van der Waals surface area contributed by atoms with Crippen molar-refractivity contribution in [2.45, 2.75) is 6.61 Å². The van der Waals surface area contributed by atoms with Gasteiger partial charge in [-0.25, -0.2) is 0 Å². The molecule has 0 unspecified atom stereocenters. The first kappa shape index (κ1) is 15.9. The summed E-state index contributed by atoms with van der Waals surface area (Å²) in [5.41, 5.74) is 0.936. The molecule has 0 saturated carbocycles. The van der Waals surface area contributed by atoms with Crippen LogP contribution in [0.2, 0.25) is 0 Å². The second-order valence-electron chi connectivity index (χ2n) is 3.98. The number of alkyl halides is 2. The zero-order valence-corrected chi connectivity index (χ0v) is 13.6. The van der Waals surface area contributed by atoms with Crippen LogP contribution in [0.25, 0.3) is 0 Å². The number of hydrogen-bond donors (Lipinski definition) is 1. The normalized spacial score (nSPS) is 10.5. The number of rotatable bonds is 4. The van der Waals surface area contributed by atoms with Crippen LogP contribution in [0.5, 0.6) is 5.75 Å². The topological polar surface area (TPSA) is 38.3 Å². The fraction of sp³-hybridized carbons (Fsp3) is 0.0714. The predicted molar refractivity (Wildman–Crippen MR) is 82.9 cm³/mol. The molecular formula is C14H9Br2F2NO2. The van der Waals surface area contributed by atoms with Crippen LogP contribution >= 0.6 is 31.9 Å². The smallest absolute Gasteiger partial charge is 0.387 e. The SMILES string of the molecule is O=C(Nc1ccc(OC(F)F)cc1)c1cc(Br)ccc1Br. The molecule has 0 aliphatic heterocycles. The van der Waals surface area contributed by atoms with Crippen molar-refractivity contribution < 1.29 is 18.3 Å². The van der Waals surface area contributed by atoms with Gasteiger partial charge in [-0.1, -0.05) is 15.9 Å². The Morgan fingerprint density at radius 3 is 2.38 bits per heavy atom. The standard InChI is InChI=1S/C14H9Br2F2NO2/c15-8-1-6-12(16)11(7-8)13(20)19-9-2-4-10(5-3-9)21-14(17)18/h1-7,14H,(H,19,20). The van der Waals surface area contributed by atoms with Gasteiger partial charge in [0, 0.05) is 14.6 Å². The largest absolute Gasteiger partial charge is 0.435 e. The third-order valence-electron chi connectivity index (χ3n) is 2.51. The first-order valence-corrected chi connectivity index (χ1v) is 7.35. The van der Waals surface area contributed by atoms with Crippen LogP contribution in [-0.2, 0) is 0 Å². The average Bonchev–Trinajstić information content (AvgIpc) is 2.43. The summed E-state index contributed by atoms with van der Waals surface area (Å²) in [5.74, 6) is -0.280. The van der Waals surface area contributed by atoms with Crippen molar-refractivity contribution in [2.24, 2.45) is 0 Å². The molecule has 0 atom stereocenters. The second kappa shape index (κ2) is 7.00. The zero-order valence-electron chi connectivity index (χ0n) is 10.4. The van der Waals surface area contributed by atoms with E-state index in [0.717, 1.165) is 4.47 Å². The maximum atomic E-state index is 12.1. The summed E-state index contributed by atoms with van der Waals surface area (Å²) in [4.78, 5) is 12.1. The second-order valence-corrected chi connectivity index (χ2v) is 5.75. The van der Waals surface area contributed by atoms with Crippen molar-refractivity contribution in [3.8, 4) is 5.75 Å². The molecule has 0 aliphatic rings. The van der Waals surface area contributed by atoms with E-state index < -0.39 is 6.61 Å². The third-order valence-corrected chi connectivity index (χ3v) is 3.70. The number of ether oxygens (including phenoxy) is 1. The van der Waals surface area contributed by atoms with Crippen molar-refractivity contribution in [2.75, 3.05) is 5.32 Å². The van der Waals surface area contributed by atoms with Crippen molar-refractivity contribution >= 4 is 43.5 Å². The van der Waals surface area contributed by atoms with Crippen molar-refractivity contribution in [1.82, 2.24) is 0 Å². The lowest BCUT2D eigenvalue weighted by Crippen LogP contribution is -2.12. The highest BCUT2D eigenvalue weighted by Gasteiger charge is 2.11. The number of anilines is 1. The third kappa shape index (κ3) is 4.50. The number of benzene rings is 2. The van der Waals surface area contributed by atoms with E-state index in [1.165, 1.54) is 24.3 Å². The summed E-state index contributed by atoms with van der Waals surface area (Å²) >= 11 is 6.59. The molecule has 3 nitrogen and oxygen atoms in total. The van der Waals surface area contributed by atoms with Crippen molar-refractivity contribution in [3.63, 3.8) is 0 Å². The lowest BCUT2D eigenvalue weighted by molar-refractivity contribution is -0.0498. The van der Waals surface area contributed by atoms with Crippen LogP contribution in [0.4, 0.5) is 14.5 Å². The Bertz CT molecular complexity index is 648. The van der Waals surface area contributed by atoms with Gasteiger partial charge in [0.25, 0.3) is 5.91 Å². The lowest BCUT2D eigenvalue weighted by Gasteiger charge is -2.09. The van der Waals surface area contributed by atoms with Gasteiger partial charge in [-0.3, -0.25) is 4.79 Å². The van der Waals surface area contributed by atoms with Gasteiger partial charge in [0.15, 0.2) is 0 Å². The van der Waals surface area contributed by atoms with E-state index in [2.05, 4.69) is 41.9 Å².